The van der Waals surface area contributed by atoms with Gasteiger partial charge in [-0.15, -0.1) is 0 Å². The molecule has 27 heavy (non-hydrogen) atoms. The number of amides is 1. The predicted octanol–water partition coefficient (Wildman–Crippen LogP) is 4.29. The molecule has 1 atom stereocenters. The molecule has 2 aromatic heterocycles. The summed E-state index contributed by atoms with van der Waals surface area (Å²) in [6.45, 7) is 0.690. The van der Waals surface area contributed by atoms with Crippen molar-refractivity contribution in [3.05, 3.63) is 77.5 Å². The SMILES string of the molecule is O=C(c1ccncc1)N1CCCC1c1cncc(Oc2ccc(Cl)cc2)n1. The van der Waals surface area contributed by atoms with Crippen LogP contribution in [-0.2, 0) is 0 Å². The Morgan fingerprint density at radius 2 is 1.85 bits per heavy atom. The van der Waals surface area contributed by atoms with Crippen molar-refractivity contribution in [2.45, 2.75) is 18.9 Å². The molecule has 0 N–H and O–H groups in total. The maximum Gasteiger partial charge on any atom is 0.254 e. The number of pyridine rings is 1. The molecule has 0 bridgehead atoms. The molecule has 3 heterocycles. The summed E-state index contributed by atoms with van der Waals surface area (Å²) in [6.07, 6.45) is 8.26. The van der Waals surface area contributed by atoms with E-state index >= 15 is 0 Å². The van der Waals surface area contributed by atoms with Gasteiger partial charge in [0.05, 0.1) is 24.1 Å². The van der Waals surface area contributed by atoms with Gasteiger partial charge in [0.2, 0.25) is 5.88 Å². The Morgan fingerprint density at radius 3 is 2.63 bits per heavy atom. The summed E-state index contributed by atoms with van der Waals surface area (Å²) in [4.78, 5) is 27.5. The number of rotatable bonds is 4. The molecule has 4 rings (SSSR count). The van der Waals surface area contributed by atoms with Crippen LogP contribution in [0.25, 0.3) is 0 Å². The normalized spacial score (nSPS) is 16.3. The van der Waals surface area contributed by atoms with Crippen LogP contribution in [0.2, 0.25) is 5.02 Å². The fraction of sp³-hybridized carbons (Fsp3) is 0.200. The number of hydrogen-bond acceptors (Lipinski definition) is 5. The molecule has 1 saturated heterocycles. The average Bonchev–Trinajstić information content (AvgIpc) is 3.20. The molecule has 136 valence electrons. The van der Waals surface area contributed by atoms with Crippen LogP contribution in [0.4, 0.5) is 0 Å². The number of nitrogens with zero attached hydrogens (tertiary/aromatic N) is 4. The molecule has 0 saturated carbocycles. The number of carbonyl (C=O) groups excluding carboxylic acids is 1. The van der Waals surface area contributed by atoms with Crippen molar-refractivity contribution in [1.82, 2.24) is 19.9 Å². The first-order valence-corrected chi connectivity index (χ1v) is 9.05. The zero-order valence-electron chi connectivity index (χ0n) is 14.5. The molecule has 1 aliphatic heterocycles. The standard InChI is InChI=1S/C20H17ClN4O2/c21-15-3-5-16(6-4-15)27-19-13-23-12-17(24-19)18-2-1-11-25(18)20(26)14-7-9-22-10-8-14/h3-10,12-13,18H,1-2,11H2. The van der Waals surface area contributed by atoms with Crippen LogP contribution in [0, 0.1) is 0 Å². The Kier molecular flexibility index (Phi) is 4.98. The Bertz CT molecular complexity index is 934. The van der Waals surface area contributed by atoms with Gasteiger partial charge in [0, 0.05) is 29.5 Å². The third-order valence-corrected chi connectivity index (χ3v) is 4.70. The Labute approximate surface area is 161 Å². The van der Waals surface area contributed by atoms with Gasteiger partial charge in [-0.2, -0.15) is 0 Å². The number of hydrogen-bond donors (Lipinski definition) is 0. The van der Waals surface area contributed by atoms with Crippen LogP contribution in [0.1, 0.15) is 34.9 Å². The Balaban J connectivity index is 1.55. The fourth-order valence-electron chi connectivity index (χ4n) is 3.17. The van der Waals surface area contributed by atoms with Crippen molar-refractivity contribution in [3.63, 3.8) is 0 Å². The second-order valence-electron chi connectivity index (χ2n) is 6.23. The fourth-order valence-corrected chi connectivity index (χ4v) is 3.30. The highest BCUT2D eigenvalue weighted by Crippen LogP contribution is 2.33. The Morgan fingerprint density at radius 1 is 1.07 bits per heavy atom. The van der Waals surface area contributed by atoms with E-state index in [2.05, 4.69) is 15.0 Å². The molecule has 3 aromatic rings. The zero-order chi connectivity index (χ0) is 18.6. The van der Waals surface area contributed by atoms with E-state index in [1.165, 1.54) is 0 Å². The van der Waals surface area contributed by atoms with Gasteiger partial charge < -0.3 is 9.64 Å². The predicted molar refractivity (Wildman–Crippen MR) is 101 cm³/mol. The van der Waals surface area contributed by atoms with E-state index in [0.717, 1.165) is 18.5 Å². The van der Waals surface area contributed by atoms with Crippen molar-refractivity contribution in [2.75, 3.05) is 6.54 Å². The van der Waals surface area contributed by atoms with Gasteiger partial charge in [-0.3, -0.25) is 14.8 Å². The summed E-state index contributed by atoms with van der Waals surface area (Å²) < 4.78 is 5.77. The highest BCUT2D eigenvalue weighted by atomic mass is 35.5. The monoisotopic (exact) mass is 380 g/mol. The topological polar surface area (TPSA) is 68.2 Å². The third-order valence-electron chi connectivity index (χ3n) is 4.45. The molecule has 1 amide bonds. The largest absolute Gasteiger partial charge is 0.437 e. The molecule has 0 aliphatic carbocycles. The van der Waals surface area contributed by atoms with E-state index in [1.54, 1.807) is 61.2 Å². The number of halogens is 1. The number of aromatic nitrogens is 3. The van der Waals surface area contributed by atoms with Crippen molar-refractivity contribution in [2.24, 2.45) is 0 Å². The summed E-state index contributed by atoms with van der Waals surface area (Å²) in [6, 6.07) is 10.4. The van der Waals surface area contributed by atoms with Crippen molar-refractivity contribution in [3.8, 4) is 11.6 Å². The second kappa shape index (κ2) is 7.72. The van der Waals surface area contributed by atoms with E-state index in [4.69, 9.17) is 16.3 Å². The molecule has 1 unspecified atom stereocenters. The maximum absolute atomic E-state index is 12.8. The molecular formula is C20H17ClN4O2. The molecule has 0 spiro atoms. The van der Waals surface area contributed by atoms with Gasteiger partial charge in [0.15, 0.2) is 0 Å². The van der Waals surface area contributed by atoms with E-state index in [-0.39, 0.29) is 11.9 Å². The summed E-state index contributed by atoms with van der Waals surface area (Å²) in [7, 11) is 0. The highest BCUT2D eigenvalue weighted by molar-refractivity contribution is 6.30. The molecule has 6 nitrogen and oxygen atoms in total. The molecule has 1 aliphatic rings. The van der Waals surface area contributed by atoms with Crippen molar-refractivity contribution < 1.29 is 9.53 Å². The first-order valence-electron chi connectivity index (χ1n) is 8.67. The van der Waals surface area contributed by atoms with E-state index in [9.17, 15) is 4.79 Å². The van der Waals surface area contributed by atoms with Crippen LogP contribution in [-0.4, -0.2) is 32.3 Å². The molecule has 1 fully saturated rings. The first kappa shape index (κ1) is 17.4. The van der Waals surface area contributed by atoms with Crippen LogP contribution >= 0.6 is 11.6 Å². The highest BCUT2D eigenvalue weighted by Gasteiger charge is 2.32. The molecular weight excluding hydrogens is 364 g/mol. The Hall–Kier alpha value is -2.99. The van der Waals surface area contributed by atoms with Gasteiger partial charge in [0.25, 0.3) is 5.91 Å². The lowest BCUT2D eigenvalue weighted by Crippen LogP contribution is -2.31. The molecule has 1 aromatic carbocycles. The van der Waals surface area contributed by atoms with E-state index in [1.807, 2.05) is 4.90 Å². The lowest BCUT2D eigenvalue weighted by atomic mass is 10.1. The number of likely N-dealkylation sites (tertiary alicyclic amines) is 1. The quantitative estimate of drug-likeness (QED) is 0.675. The van der Waals surface area contributed by atoms with Crippen LogP contribution < -0.4 is 4.74 Å². The number of ether oxygens (including phenoxy) is 1. The van der Waals surface area contributed by atoms with Crippen LogP contribution in [0.3, 0.4) is 0 Å². The molecule has 7 heteroatoms. The minimum Gasteiger partial charge on any atom is -0.437 e. The molecule has 0 radical (unpaired) electrons. The number of carbonyl (C=O) groups is 1. The van der Waals surface area contributed by atoms with Gasteiger partial charge in [-0.1, -0.05) is 11.6 Å². The van der Waals surface area contributed by atoms with Gasteiger partial charge in [0.1, 0.15) is 5.75 Å². The summed E-state index contributed by atoms with van der Waals surface area (Å²) in [5, 5.41) is 0.637. The smallest absolute Gasteiger partial charge is 0.254 e. The maximum atomic E-state index is 12.8. The minimum absolute atomic E-state index is 0.0225. The zero-order valence-corrected chi connectivity index (χ0v) is 15.2. The van der Waals surface area contributed by atoms with E-state index in [0.29, 0.717) is 28.8 Å². The first-order chi connectivity index (χ1) is 13.2. The second-order valence-corrected chi connectivity index (χ2v) is 6.67. The lowest BCUT2D eigenvalue weighted by Gasteiger charge is -2.24. The third kappa shape index (κ3) is 3.90. The summed E-state index contributed by atoms with van der Waals surface area (Å²) in [5.41, 5.74) is 1.35. The average molecular weight is 381 g/mol. The lowest BCUT2D eigenvalue weighted by molar-refractivity contribution is 0.0732. The summed E-state index contributed by atoms with van der Waals surface area (Å²) >= 11 is 5.90. The van der Waals surface area contributed by atoms with Crippen molar-refractivity contribution >= 4 is 17.5 Å². The van der Waals surface area contributed by atoms with Gasteiger partial charge >= 0.3 is 0 Å². The van der Waals surface area contributed by atoms with E-state index < -0.39 is 0 Å². The summed E-state index contributed by atoms with van der Waals surface area (Å²) in [5.74, 6) is 0.991. The van der Waals surface area contributed by atoms with Crippen molar-refractivity contribution in [1.29, 1.82) is 0 Å². The number of benzene rings is 1. The van der Waals surface area contributed by atoms with Crippen LogP contribution in [0.5, 0.6) is 11.6 Å². The van der Waals surface area contributed by atoms with Crippen LogP contribution in [0.15, 0.2) is 61.2 Å². The minimum atomic E-state index is -0.119. The van der Waals surface area contributed by atoms with Gasteiger partial charge in [-0.05, 0) is 49.2 Å². The van der Waals surface area contributed by atoms with Gasteiger partial charge in [-0.25, -0.2) is 4.98 Å².